The quantitative estimate of drug-likeness (QED) is 0.859. The van der Waals surface area contributed by atoms with Crippen LogP contribution in [0.25, 0.3) is 0 Å². The number of hydrogen-bond donors (Lipinski definition) is 1. The first-order valence-corrected chi connectivity index (χ1v) is 8.11. The average Bonchev–Trinajstić information content (AvgIpc) is 3.23. The highest BCUT2D eigenvalue weighted by Crippen LogP contribution is 2.49. The van der Waals surface area contributed by atoms with Crippen LogP contribution in [-0.4, -0.2) is 26.3 Å². The van der Waals surface area contributed by atoms with Gasteiger partial charge in [-0.15, -0.1) is 0 Å². The van der Waals surface area contributed by atoms with Crippen LogP contribution >= 0.6 is 0 Å². The highest BCUT2D eigenvalue weighted by Gasteiger charge is 2.50. The summed E-state index contributed by atoms with van der Waals surface area (Å²) in [6.07, 6.45) is 6.68. The number of rotatable bonds is 6. The van der Waals surface area contributed by atoms with Crippen LogP contribution in [0.15, 0.2) is 24.3 Å². The van der Waals surface area contributed by atoms with Gasteiger partial charge in [0.2, 0.25) is 0 Å². The second-order valence-electron chi connectivity index (χ2n) is 6.62. The van der Waals surface area contributed by atoms with Crippen molar-refractivity contribution in [3.63, 3.8) is 0 Å². The Morgan fingerprint density at radius 3 is 2.50 bits per heavy atom. The molecule has 0 amide bonds. The van der Waals surface area contributed by atoms with Crippen molar-refractivity contribution in [2.24, 2.45) is 11.3 Å². The van der Waals surface area contributed by atoms with E-state index in [2.05, 4.69) is 43.6 Å². The molecule has 1 aliphatic heterocycles. The van der Waals surface area contributed by atoms with E-state index in [0.29, 0.717) is 11.5 Å². The van der Waals surface area contributed by atoms with Gasteiger partial charge in [-0.05, 0) is 56.2 Å². The van der Waals surface area contributed by atoms with Gasteiger partial charge in [0.05, 0.1) is 6.10 Å². The summed E-state index contributed by atoms with van der Waals surface area (Å²) in [4.78, 5) is 0. The third-order valence-electron chi connectivity index (χ3n) is 5.07. The van der Waals surface area contributed by atoms with E-state index in [1.165, 1.54) is 30.4 Å². The zero-order chi connectivity index (χ0) is 14.0. The molecule has 1 N–H and O–H groups in total. The molecule has 0 bridgehead atoms. The Bertz CT molecular complexity index is 437. The van der Waals surface area contributed by atoms with Crippen LogP contribution in [0.5, 0.6) is 0 Å². The van der Waals surface area contributed by atoms with E-state index in [-0.39, 0.29) is 0 Å². The molecule has 0 aromatic heterocycles. The standard InChI is InChI=1S/C18H27NO/c1-3-14-4-6-15(7-5-14)12-18(13-19-2)10-11-20-17(18)16-8-9-16/h4-7,16-17,19H,3,8-13H2,1-2H3. The van der Waals surface area contributed by atoms with E-state index in [4.69, 9.17) is 4.74 Å². The second-order valence-corrected chi connectivity index (χ2v) is 6.62. The molecule has 110 valence electrons. The summed E-state index contributed by atoms with van der Waals surface area (Å²) in [5.74, 6) is 0.820. The molecule has 2 aliphatic rings. The van der Waals surface area contributed by atoms with Gasteiger partial charge >= 0.3 is 0 Å². The molecule has 20 heavy (non-hydrogen) atoms. The minimum absolute atomic E-state index is 0.309. The average molecular weight is 273 g/mol. The zero-order valence-corrected chi connectivity index (χ0v) is 12.8. The van der Waals surface area contributed by atoms with E-state index < -0.39 is 0 Å². The third-order valence-corrected chi connectivity index (χ3v) is 5.07. The molecule has 2 heteroatoms. The van der Waals surface area contributed by atoms with Crippen LogP contribution in [0.4, 0.5) is 0 Å². The van der Waals surface area contributed by atoms with Crippen LogP contribution in [-0.2, 0) is 17.6 Å². The van der Waals surface area contributed by atoms with Gasteiger partial charge < -0.3 is 10.1 Å². The normalized spacial score (nSPS) is 29.8. The molecule has 0 spiro atoms. The van der Waals surface area contributed by atoms with E-state index >= 15 is 0 Å². The first-order valence-electron chi connectivity index (χ1n) is 8.11. The van der Waals surface area contributed by atoms with Crippen molar-refractivity contribution >= 4 is 0 Å². The number of nitrogens with one attached hydrogen (secondary N) is 1. The molecular weight excluding hydrogens is 246 g/mol. The highest BCUT2D eigenvalue weighted by molar-refractivity contribution is 5.24. The SMILES string of the molecule is CCc1ccc(CC2(CNC)CCOC2C2CC2)cc1. The summed E-state index contributed by atoms with van der Waals surface area (Å²) < 4.78 is 6.12. The summed E-state index contributed by atoms with van der Waals surface area (Å²) in [7, 11) is 2.07. The molecule has 1 saturated carbocycles. The van der Waals surface area contributed by atoms with Gasteiger partial charge in [0.1, 0.15) is 0 Å². The van der Waals surface area contributed by atoms with Crippen molar-refractivity contribution < 1.29 is 4.74 Å². The fourth-order valence-corrected chi connectivity index (χ4v) is 3.84. The van der Waals surface area contributed by atoms with Crippen molar-refractivity contribution in [3.8, 4) is 0 Å². The highest BCUT2D eigenvalue weighted by atomic mass is 16.5. The molecule has 1 aliphatic carbocycles. The fourth-order valence-electron chi connectivity index (χ4n) is 3.84. The van der Waals surface area contributed by atoms with Gasteiger partial charge in [-0.3, -0.25) is 0 Å². The van der Waals surface area contributed by atoms with Gasteiger partial charge in [-0.1, -0.05) is 31.2 Å². The maximum Gasteiger partial charge on any atom is 0.0675 e. The lowest BCUT2D eigenvalue weighted by atomic mass is 9.74. The van der Waals surface area contributed by atoms with Gasteiger partial charge in [0.15, 0.2) is 0 Å². The molecule has 1 saturated heterocycles. The molecule has 2 unspecified atom stereocenters. The van der Waals surface area contributed by atoms with Crippen LogP contribution in [0.3, 0.4) is 0 Å². The Labute approximate surface area is 122 Å². The number of ether oxygens (including phenoxy) is 1. The molecule has 1 heterocycles. The molecule has 0 radical (unpaired) electrons. The first-order chi connectivity index (χ1) is 9.77. The van der Waals surface area contributed by atoms with Crippen molar-refractivity contribution in [3.05, 3.63) is 35.4 Å². The van der Waals surface area contributed by atoms with Gasteiger partial charge in [-0.25, -0.2) is 0 Å². The van der Waals surface area contributed by atoms with Crippen LogP contribution < -0.4 is 5.32 Å². The Hall–Kier alpha value is -0.860. The molecular formula is C18H27NO. The largest absolute Gasteiger partial charge is 0.377 e. The smallest absolute Gasteiger partial charge is 0.0675 e. The van der Waals surface area contributed by atoms with Crippen molar-refractivity contribution in [1.82, 2.24) is 5.32 Å². The lowest BCUT2D eigenvalue weighted by Crippen LogP contribution is -2.42. The Morgan fingerprint density at radius 2 is 1.90 bits per heavy atom. The summed E-state index contributed by atoms with van der Waals surface area (Å²) >= 11 is 0. The molecule has 2 nitrogen and oxygen atoms in total. The fraction of sp³-hybridized carbons (Fsp3) is 0.667. The number of aryl methyl sites for hydroxylation is 1. The summed E-state index contributed by atoms with van der Waals surface area (Å²) in [6.45, 7) is 4.23. The minimum Gasteiger partial charge on any atom is -0.377 e. The summed E-state index contributed by atoms with van der Waals surface area (Å²) in [5.41, 5.74) is 3.20. The molecule has 3 rings (SSSR count). The Balaban J connectivity index is 1.78. The predicted molar refractivity (Wildman–Crippen MR) is 83.0 cm³/mol. The second kappa shape index (κ2) is 5.87. The van der Waals surface area contributed by atoms with Crippen molar-refractivity contribution in [1.29, 1.82) is 0 Å². The minimum atomic E-state index is 0.309. The van der Waals surface area contributed by atoms with Gasteiger partial charge in [0, 0.05) is 18.6 Å². The van der Waals surface area contributed by atoms with E-state index in [1.54, 1.807) is 0 Å². The van der Waals surface area contributed by atoms with Gasteiger partial charge in [0.25, 0.3) is 0 Å². The van der Waals surface area contributed by atoms with Crippen molar-refractivity contribution in [2.75, 3.05) is 20.2 Å². The van der Waals surface area contributed by atoms with Crippen LogP contribution in [0, 0.1) is 11.3 Å². The molecule has 2 fully saturated rings. The maximum atomic E-state index is 6.12. The van der Waals surface area contributed by atoms with Crippen LogP contribution in [0.2, 0.25) is 0 Å². The lowest BCUT2D eigenvalue weighted by Gasteiger charge is -2.34. The summed E-state index contributed by atoms with van der Waals surface area (Å²) in [5, 5.41) is 3.43. The van der Waals surface area contributed by atoms with E-state index in [1.807, 2.05) is 0 Å². The molecule has 1 aromatic rings. The Morgan fingerprint density at radius 1 is 1.20 bits per heavy atom. The van der Waals surface area contributed by atoms with Crippen molar-refractivity contribution in [2.45, 2.75) is 45.1 Å². The summed E-state index contributed by atoms with van der Waals surface area (Å²) in [6, 6.07) is 9.20. The predicted octanol–water partition coefficient (Wildman–Crippen LogP) is 3.20. The topological polar surface area (TPSA) is 21.3 Å². The Kier molecular flexibility index (Phi) is 4.13. The third kappa shape index (κ3) is 2.77. The van der Waals surface area contributed by atoms with Crippen LogP contribution in [0.1, 0.15) is 37.3 Å². The monoisotopic (exact) mass is 273 g/mol. The maximum absolute atomic E-state index is 6.12. The molecule has 2 atom stereocenters. The number of benzene rings is 1. The first kappa shape index (κ1) is 14.1. The van der Waals surface area contributed by atoms with E-state index in [0.717, 1.165) is 31.9 Å². The molecule has 1 aromatic carbocycles. The zero-order valence-electron chi connectivity index (χ0n) is 12.8. The lowest BCUT2D eigenvalue weighted by molar-refractivity contribution is 0.0314. The van der Waals surface area contributed by atoms with E-state index in [9.17, 15) is 0 Å². The number of hydrogen-bond acceptors (Lipinski definition) is 2. The van der Waals surface area contributed by atoms with Gasteiger partial charge in [-0.2, -0.15) is 0 Å².